The lowest BCUT2D eigenvalue weighted by Gasteiger charge is -2.09. The first-order chi connectivity index (χ1) is 7.53. The lowest BCUT2D eigenvalue weighted by molar-refractivity contribution is 0.562. The van der Waals surface area contributed by atoms with Gasteiger partial charge in [-0.2, -0.15) is 9.98 Å². The van der Waals surface area contributed by atoms with Crippen LogP contribution in [0.5, 0.6) is 0 Å². The molecule has 1 N–H and O–H groups in total. The second-order valence-corrected chi connectivity index (χ2v) is 7.28. The van der Waals surface area contributed by atoms with Gasteiger partial charge in [-0.15, -0.1) is 11.3 Å². The molecule has 1 aliphatic rings. The SMILES string of the molecule is N#CC(NS(=O)(=O)c1ccc(Cl)s1)C1CC1. The monoisotopic (exact) mass is 276 g/mol. The zero-order chi connectivity index (χ0) is 11.8. The fourth-order valence-electron chi connectivity index (χ4n) is 1.32. The van der Waals surface area contributed by atoms with Gasteiger partial charge in [-0.05, 0) is 30.9 Å². The maximum Gasteiger partial charge on any atom is 0.251 e. The molecule has 0 radical (unpaired) electrons. The highest BCUT2D eigenvalue weighted by molar-refractivity contribution is 7.91. The van der Waals surface area contributed by atoms with Crippen molar-refractivity contribution in [3.8, 4) is 6.07 Å². The number of sulfonamides is 1. The molecular formula is C9H9ClN2O2S2. The van der Waals surface area contributed by atoms with Gasteiger partial charge in [-0.3, -0.25) is 0 Å². The molecule has 16 heavy (non-hydrogen) atoms. The number of rotatable bonds is 4. The van der Waals surface area contributed by atoms with Gasteiger partial charge in [0.25, 0.3) is 10.0 Å². The van der Waals surface area contributed by atoms with E-state index in [4.69, 9.17) is 16.9 Å². The van der Waals surface area contributed by atoms with Crippen molar-refractivity contribution >= 4 is 33.0 Å². The molecule has 1 unspecified atom stereocenters. The van der Waals surface area contributed by atoms with Crippen molar-refractivity contribution in [2.45, 2.75) is 23.1 Å². The fraction of sp³-hybridized carbons (Fsp3) is 0.444. The van der Waals surface area contributed by atoms with E-state index < -0.39 is 16.1 Å². The van der Waals surface area contributed by atoms with E-state index in [1.807, 2.05) is 6.07 Å². The Hall–Kier alpha value is -0.610. The highest BCUT2D eigenvalue weighted by atomic mass is 35.5. The van der Waals surface area contributed by atoms with Crippen LogP contribution in [0, 0.1) is 17.2 Å². The van der Waals surface area contributed by atoms with Gasteiger partial charge in [0.2, 0.25) is 0 Å². The van der Waals surface area contributed by atoms with Crippen molar-refractivity contribution in [1.29, 1.82) is 5.26 Å². The van der Waals surface area contributed by atoms with Crippen LogP contribution in [-0.4, -0.2) is 14.5 Å². The zero-order valence-corrected chi connectivity index (χ0v) is 10.6. The Morgan fingerprint density at radius 2 is 2.25 bits per heavy atom. The standard InChI is InChI=1S/C9H9ClN2O2S2/c10-8-3-4-9(15-8)16(13,14)12-7(5-11)6-1-2-6/h3-4,6-7,12H,1-2H2. The van der Waals surface area contributed by atoms with Crippen LogP contribution in [0.3, 0.4) is 0 Å². The summed E-state index contributed by atoms with van der Waals surface area (Å²) in [5, 5.41) is 8.85. The predicted octanol–water partition coefficient (Wildman–Crippen LogP) is 1.98. The van der Waals surface area contributed by atoms with Crippen molar-refractivity contribution in [2.24, 2.45) is 5.92 Å². The van der Waals surface area contributed by atoms with Crippen LogP contribution < -0.4 is 4.72 Å². The fourth-order valence-corrected chi connectivity index (χ4v) is 4.03. The zero-order valence-electron chi connectivity index (χ0n) is 8.18. The molecule has 0 spiro atoms. The van der Waals surface area contributed by atoms with E-state index in [2.05, 4.69) is 4.72 Å². The van der Waals surface area contributed by atoms with Crippen LogP contribution >= 0.6 is 22.9 Å². The summed E-state index contributed by atoms with van der Waals surface area (Å²) in [6, 6.07) is 4.33. The molecule has 4 nitrogen and oxygen atoms in total. The Balaban J connectivity index is 2.17. The van der Waals surface area contributed by atoms with Gasteiger partial charge in [0.05, 0.1) is 10.4 Å². The Bertz CT molecular complexity index is 528. The smallest absolute Gasteiger partial charge is 0.206 e. The molecular weight excluding hydrogens is 268 g/mol. The summed E-state index contributed by atoms with van der Waals surface area (Å²) in [7, 11) is -3.59. The molecule has 1 aromatic rings. The molecule has 86 valence electrons. The quantitative estimate of drug-likeness (QED) is 0.914. The summed E-state index contributed by atoms with van der Waals surface area (Å²) >= 11 is 6.66. The van der Waals surface area contributed by atoms with E-state index in [1.54, 1.807) is 0 Å². The lowest BCUT2D eigenvalue weighted by Crippen LogP contribution is -2.34. The van der Waals surface area contributed by atoms with Gasteiger partial charge in [0, 0.05) is 0 Å². The second kappa shape index (κ2) is 4.34. The van der Waals surface area contributed by atoms with Crippen molar-refractivity contribution in [1.82, 2.24) is 4.72 Å². The highest BCUT2D eigenvalue weighted by Gasteiger charge is 2.34. The molecule has 1 heterocycles. The van der Waals surface area contributed by atoms with Crippen molar-refractivity contribution < 1.29 is 8.42 Å². The van der Waals surface area contributed by atoms with Crippen molar-refractivity contribution in [3.63, 3.8) is 0 Å². The number of nitrogens with zero attached hydrogens (tertiary/aromatic N) is 1. The molecule has 0 aromatic carbocycles. The Labute approximate surface area is 103 Å². The summed E-state index contributed by atoms with van der Waals surface area (Å²) in [6.07, 6.45) is 1.82. The third kappa shape index (κ3) is 2.55. The number of nitrogens with one attached hydrogen (secondary N) is 1. The first-order valence-corrected chi connectivity index (χ1v) is 7.38. The maximum atomic E-state index is 11.8. The van der Waals surface area contributed by atoms with Crippen LogP contribution in [0.25, 0.3) is 0 Å². The molecule has 0 bridgehead atoms. The number of nitriles is 1. The normalized spacial score (nSPS) is 18.0. The minimum atomic E-state index is -3.59. The van der Waals surface area contributed by atoms with Gasteiger partial charge in [0.15, 0.2) is 0 Å². The van der Waals surface area contributed by atoms with Gasteiger partial charge in [0.1, 0.15) is 10.3 Å². The molecule has 0 aliphatic heterocycles. The molecule has 7 heteroatoms. The molecule has 1 saturated carbocycles. The van der Waals surface area contributed by atoms with Gasteiger partial charge < -0.3 is 0 Å². The summed E-state index contributed by atoms with van der Waals surface area (Å²) in [5.41, 5.74) is 0. The van der Waals surface area contributed by atoms with E-state index in [9.17, 15) is 8.42 Å². The molecule has 1 fully saturated rings. The van der Waals surface area contributed by atoms with E-state index in [-0.39, 0.29) is 10.1 Å². The summed E-state index contributed by atoms with van der Waals surface area (Å²) in [6.45, 7) is 0. The minimum absolute atomic E-state index is 0.151. The molecule has 1 aromatic heterocycles. The number of hydrogen-bond acceptors (Lipinski definition) is 4. The van der Waals surface area contributed by atoms with Gasteiger partial charge in [-0.1, -0.05) is 11.6 Å². The molecule has 0 amide bonds. The predicted molar refractivity (Wildman–Crippen MR) is 61.8 cm³/mol. The van der Waals surface area contributed by atoms with E-state index in [0.29, 0.717) is 4.34 Å². The summed E-state index contributed by atoms with van der Waals surface area (Å²) in [5.74, 6) is 0.162. The van der Waals surface area contributed by atoms with Crippen LogP contribution in [-0.2, 0) is 10.0 Å². The molecule has 1 atom stereocenters. The molecule has 2 rings (SSSR count). The summed E-state index contributed by atoms with van der Waals surface area (Å²) < 4.78 is 26.6. The number of thiophene rings is 1. The minimum Gasteiger partial charge on any atom is -0.206 e. The first kappa shape index (κ1) is 11.9. The number of hydrogen-bond donors (Lipinski definition) is 1. The van der Waals surface area contributed by atoms with Gasteiger partial charge in [-0.25, -0.2) is 8.42 Å². The highest BCUT2D eigenvalue weighted by Crippen LogP contribution is 2.33. The van der Waals surface area contributed by atoms with Crippen molar-refractivity contribution in [3.05, 3.63) is 16.5 Å². The third-order valence-electron chi connectivity index (χ3n) is 2.33. The molecule has 0 saturated heterocycles. The van der Waals surface area contributed by atoms with Crippen LogP contribution in [0.4, 0.5) is 0 Å². The molecule has 1 aliphatic carbocycles. The average molecular weight is 277 g/mol. The van der Waals surface area contributed by atoms with E-state index in [0.717, 1.165) is 24.2 Å². The Morgan fingerprint density at radius 1 is 1.56 bits per heavy atom. The third-order valence-corrected chi connectivity index (χ3v) is 5.49. The maximum absolute atomic E-state index is 11.8. The van der Waals surface area contributed by atoms with E-state index >= 15 is 0 Å². The number of halogens is 1. The van der Waals surface area contributed by atoms with Crippen LogP contribution in [0.1, 0.15) is 12.8 Å². The topological polar surface area (TPSA) is 70.0 Å². The lowest BCUT2D eigenvalue weighted by atomic mass is 10.2. The summed E-state index contributed by atoms with van der Waals surface area (Å²) in [4.78, 5) is 0. The van der Waals surface area contributed by atoms with Gasteiger partial charge >= 0.3 is 0 Å². The van der Waals surface area contributed by atoms with Crippen molar-refractivity contribution in [2.75, 3.05) is 0 Å². The Kier molecular flexibility index (Phi) is 3.22. The van der Waals surface area contributed by atoms with E-state index in [1.165, 1.54) is 12.1 Å². The first-order valence-electron chi connectivity index (χ1n) is 4.70. The Morgan fingerprint density at radius 3 is 2.69 bits per heavy atom. The second-order valence-electron chi connectivity index (χ2n) is 3.62. The van der Waals surface area contributed by atoms with Crippen LogP contribution in [0.2, 0.25) is 4.34 Å². The average Bonchev–Trinajstić information content (AvgIpc) is 2.97. The largest absolute Gasteiger partial charge is 0.251 e. The van der Waals surface area contributed by atoms with Crippen LogP contribution in [0.15, 0.2) is 16.3 Å².